The van der Waals surface area contributed by atoms with Crippen LogP contribution in [-0.4, -0.2) is 20.9 Å². The second-order valence-electron chi connectivity index (χ2n) is 7.94. The molecule has 5 rings (SSSR count). The minimum absolute atomic E-state index is 0.0516. The number of benzene rings is 2. The lowest BCUT2D eigenvalue weighted by atomic mass is 10.1. The number of fused-ring (bicyclic) bond motifs is 3. The number of nitrogen functional groups attached to an aromatic ring is 1. The van der Waals surface area contributed by atoms with Crippen LogP contribution in [0.3, 0.4) is 0 Å². The Morgan fingerprint density at radius 1 is 1.00 bits per heavy atom. The first-order chi connectivity index (χ1) is 16.8. The fraction of sp³-hybridized carbons (Fsp3) is 0.120. The van der Waals surface area contributed by atoms with Gasteiger partial charge in [0.1, 0.15) is 5.52 Å². The van der Waals surface area contributed by atoms with Crippen molar-refractivity contribution in [2.24, 2.45) is 0 Å². The van der Waals surface area contributed by atoms with Crippen LogP contribution in [0, 0.1) is 0 Å². The molecule has 0 radical (unpaired) electrons. The Bertz CT molecular complexity index is 1550. The number of furan rings is 1. The number of nitrogens with zero attached hydrogens (tertiary/aromatic N) is 3. The molecule has 3 heterocycles. The Hall–Kier alpha value is -4.47. The first kappa shape index (κ1) is 22.3. The number of amides is 1. The molecule has 0 atom stereocenters. The molecular formula is C25H18F3N5O2. The summed E-state index contributed by atoms with van der Waals surface area (Å²) in [4.78, 5) is 26.0. The van der Waals surface area contributed by atoms with Crippen molar-refractivity contribution in [3.05, 3.63) is 95.1 Å². The highest BCUT2D eigenvalue weighted by Crippen LogP contribution is 2.31. The minimum Gasteiger partial charge on any atom is -0.434 e. The summed E-state index contributed by atoms with van der Waals surface area (Å²) in [7, 11) is 0. The number of hydrogen-bond acceptors (Lipinski definition) is 6. The third-order valence-corrected chi connectivity index (χ3v) is 5.37. The van der Waals surface area contributed by atoms with Gasteiger partial charge in [-0.25, -0.2) is 15.0 Å². The van der Waals surface area contributed by atoms with E-state index in [1.54, 1.807) is 18.3 Å². The molecule has 0 aliphatic rings. The minimum atomic E-state index is -4.55. The summed E-state index contributed by atoms with van der Waals surface area (Å²) in [5, 5.41) is 3.21. The van der Waals surface area contributed by atoms with Gasteiger partial charge in [-0.1, -0.05) is 30.3 Å². The number of aromatic nitrogens is 3. The van der Waals surface area contributed by atoms with Crippen molar-refractivity contribution in [2.75, 3.05) is 5.73 Å². The number of rotatable bonds is 5. The Balaban J connectivity index is 1.49. The maximum Gasteiger partial charge on any atom is 0.416 e. The van der Waals surface area contributed by atoms with Gasteiger partial charge >= 0.3 is 6.18 Å². The number of nitrogens with one attached hydrogen (secondary N) is 1. The van der Waals surface area contributed by atoms with Gasteiger partial charge in [0.25, 0.3) is 5.91 Å². The van der Waals surface area contributed by atoms with Crippen molar-refractivity contribution in [1.29, 1.82) is 0 Å². The molecule has 7 nitrogen and oxygen atoms in total. The molecule has 0 fully saturated rings. The summed E-state index contributed by atoms with van der Waals surface area (Å²) in [5.74, 6) is -0.773. The van der Waals surface area contributed by atoms with E-state index in [0.29, 0.717) is 34.3 Å². The quantitative estimate of drug-likeness (QED) is 0.349. The van der Waals surface area contributed by atoms with Gasteiger partial charge in [-0.3, -0.25) is 4.79 Å². The maximum atomic E-state index is 13.1. The van der Waals surface area contributed by atoms with Gasteiger partial charge in [0, 0.05) is 24.8 Å². The Kier molecular flexibility index (Phi) is 5.56. The van der Waals surface area contributed by atoms with Crippen molar-refractivity contribution in [1.82, 2.24) is 20.3 Å². The van der Waals surface area contributed by atoms with E-state index < -0.39 is 17.6 Å². The number of pyridine rings is 1. The molecule has 0 aliphatic carbocycles. The normalized spacial score (nSPS) is 11.7. The Labute approximate surface area is 196 Å². The highest BCUT2D eigenvalue weighted by molar-refractivity contribution is 6.03. The predicted molar refractivity (Wildman–Crippen MR) is 123 cm³/mol. The smallest absolute Gasteiger partial charge is 0.416 e. The van der Waals surface area contributed by atoms with Crippen LogP contribution in [0.15, 0.2) is 71.3 Å². The average molecular weight is 477 g/mol. The molecule has 0 unspecified atom stereocenters. The molecule has 3 N–H and O–H groups in total. The number of carbonyl (C=O) groups excluding carboxylic acids is 1. The van der Waals surface area contributed by atoms with Crippen molar-refractivity contribution in [3.63, 3.8) is 0 Å². The summed E-state index contributed by atoms with van der Waals surface area (Å²) >= 11 is 0. The van der Waals surface area contributed by atoms with Crippen molar-refractivity contribution >= 4 is 33.8 Å². The third-order valence-electron chi connectivity index (χ3n) is 5.37. The summed E-state index contributed by atoms with van der Waals surface area (Å²) in [6.45, 7) is -0.184. The van der Waals surface area contributed by atoms with Crippen LogP contribution in [-0.2, 0) is 19.1 Å². The van der Waals surface area contributed by atoms with E-state index in [2.05, 4.69) is 20.3 Å². The van der Waals surface area contributed by atoms with Crippen molar-refractivity contribution < 1.29 is 22.4 Å². The van der Waals surface area contributed by atoms with Crippen LogP contribution in [0.25, 0.3) is 22.2 Å². The largest absolute Gasteiger partial charge is 0.434 e. The number of anilines is 1. The lowest BCUT2D eigenvalue weighted by Gasteiger charge is -2.11. The molecule has 0 aliphatic heterocycles. The molecule has 0 saturated carbocycles. The van der Waals surface area contributed by atoms with E-state index in [1.807, 2.05) is 30.3 Å². The van der Waals surface area contributed by atoms with Crippen LogP contribution < -0.4 is 11.1 Å². The molecule has 2 aromatic carbocycles. The summed E-state index contributed by atoms with van der Waals surface area (Å²) in [6, 6.07) is 16.2. The maximum absolute atomic E-state index is 13.1. The van der Waals surface area contributed by atoms with E-state index in [-0.39, 0.29) is 23.6 Å². The molecule has 3 aromatic heterocycles. The molecule has 35 heavy (non-hydrogen) atoms. The topological polar surface area (TPSA) is 107 Å². The molecule has 5 aromatic rings. The van der Waals surface area contributed by atoms with Gasteiger partial charge in [0.2, 0.25) is 11.5 Å². The van der Waals surface area contributed by atoms with E-state index in [4.69, 9.17) is 10.2 Å². The zero-order valence-corrected chi connectivity index (χ0v) is 18.1. The van der Waals surface area contributed by atoms with Crippen LogP contribution in [0.5, 0.6) is 0 Å². The zero-order chi connectivity index (χ0) is 24.6. The predicted octanol–water partition coefficient (Wildman–Crippen LogP) is 4.89. The van der Waals surface area contributed by atoms with Crippen LogP contribution in [0.1, 0.15) is 33.0 Å². The molecule has 0 bridgehead atoms. The van der Waals surface area contributed by atoms with Gasteiger partial charge < -0.3 is 15.5 Å². The number of hydrogen-bond donors (Lipinski definition) is 2. The SMILES string of the molecule is Nc1cc(CNC(=O)c2nc(Cc3ccccc3)c3oc4ncccc4c3n2)cc(C(F)(F)F)c1. The highest BCUT2D eigenvalue weighted by atomic mass is 19.4. The molecule has 1 amide bonds. The number of halogens is 3. The number of carbonyl (C=O) groups is 1. The molecular weight excluding hydrogens is 459 g/mol. The van der Waals surface area contributed by atoms with Gasteiger partial charge in [-0.2, -0.15) is 13.2 Å². The highest BCUT2D eigenvalue weighted by Gasteiger charge is 2.31. The van der Waals surface area contributed by atoms with E-state index >= 15 is 0 Å². The Morgan fingerprint density at radius 3 is 2.57 bits per heavy atom. The fourth-order valence-electron chi connectivity index (χ4n) is 3.79. The molecule has 0 spiro atoms. The molecule has 0 saturated heterocycles. The van der Waals surface area contributed by atoms with Crippen LogP contribution >= 0.6 is 0 Å². The van der Waals surface area contributed by atoms with Gasteiger partial charge in [-0.15, -0.1) is 0 Å². The van der Waals surface area contributed by atoms with Crippen molar-refractivity contribution in [2.45, 2.75) is 19.1 Å². The fourth-order valence-corrected chi connectivity index (χ4v) is 3.79. The third kappa shape index (κ3) is 4.63. The number of alkyl halides is 3. The first-order valence-electron chi connectivity index (χ1n) is 10.6. The molecule has 176 valence electrons. The lowest BCUT2D eigenvalue weighted by molar-refractivity contribution is -0.137. The second kappa shape index (κ2) is 8.71. The van der Waals surface area contributed by atoms with Crippen molar-refractivity contribution in [3.8, 4) is 0 Å². The van der Waals surface area contributed by atoms with E-state index in [1.165, 1.54) is 6.07 Å². The monoisotopic (exact) mass is 477 g/mol. The second-order valence-corrected chi connectivity index (χ2v) is 7.94. The summed E-state index contributed by atoms with van der Waals surface area (Å²) < 4.78 is 45.2. The lowest BCUT2D eigenvalue weighted by Crippen LogP contribution is -2.25. The molecule has 10 heteroatoms. The first-order valence-corrected chi connectivity index (χ1v) is 10.6. The van der Waals surface area contributed by atoms with Crippen LogP contribution in [0.2, 0.25) is 0 Å². The van der Waals surface area contributed by atoms with E-state index in [0.717, 1.165) is 17.7 Å². The summed E-state index contributed by atoms with van der Waals surface area (Å²) in [6.07, 6.45) is -2.58. The Morgan fingerprint density at radius 2 is 1.80 bits per heavy atom. The van der Waals surface area contributed by atoms with Gasteiger partial charge in [0.05, 0.1) is 16.6 Å². The van der Waals surface area contributed by atoms with E-state index in [9.17, 15) is 18.0 Å². The van der Waals surface area contributed by atoms with Gasteiger partial charge in [0.15, 0.2) is 5.58 Å². The van der Waals surface area contributed by atoms with Gasteiger partial charge in [-0.05, 0) is 41.5 Å². The zero-order valence-electron chi connectivity index (χ0n) is 18.1. The number of nitrogens with two attached hydrogens (primary N) is 1. The standard InChI is InChI=1S/C25H18F3N5O2/c26-25(27,28)16-9-15(10-17(29)12-16)13-31-23(34)22-32-19(11-14-5-2-1-3-6-14)21-20(33-22)18-7-4-8-30-24(18)35-21/h1-10,12H,11,13,29H2,(H,31,34). The average Bonchev–Trinajstić information content (AvgIpc) is 3.21. The summed E-state index contributed by atoms with van der Waals surface area (Å²) in [5.41, 5.74) is 7.54. The van der Waals surface area contributed by atoms with Crippen LogP contribution in [0.4, 0.5) is 18.9 Å².